The highest BCUT2D eigenvalue weighted by atomic mass is 15.1. The van der Waals surface area contributed by atoms with Crippen LogP contribution in [0.4, 0.5) is 0 Å². The SMILES string of the molecule is c1ccc(-c2nc(-c3ccc(-n4c5ccccc5c5ccc6c7ccccc7n(-c7ccccc7)c6c54)cc3)nc(-c3cccc4c3-c3ccccc3C43c4ccccc4-c4ccccc43)n2)cc1. The van der Waals surface area contributed by atoms with Gasteiger partial charge >= 0.3 is 0 Å². The molecule has 3 aromatic heterocycles. The molecular formula is C64H39N5. The smallest absolute Gasteiger partial charge is 0.164 e. The summed E-state index contributed by atoms with van der Waals surface area (Å²) in [6.07, 6.45) is 0. The predicted molar refractivity (Wildman–Crippen MR) is 281 cm³/mol. The lowest BCUT2D eigenvalue weighted by Crippen LogP contribution is -2.25. The van der Waals surface area contributed by atoms with Crippen LogP contribution in [0, 0.1) is 0 Å². The van der Waals surface area contributed by atoms with Gasteiger partial charge in [-0.15, -0.1) is 0 Å². The van der Waals surface area contributed by atoms with Crippen LogP contribution in [0.25, 0.3) is 111 Å². The first-order valence-electron chi connectivity index (χ1n) is 23.6. The van der Waals surface area contributed by atoms with E-state index in [1.807, 2.05) is 18.2 Å². The number of benzene rings is 10. The minimum absolute atomic E-state index is 0.475. The molecule has 0 N–H and O–H groups in total. The summed E-state index contributed by atoms with van der Waals surface area (Å²) in [4.78, 5) is 16.0. The fourth-order valence-corrected chi connectivity index (χ4v) is 12.0. The highest BCUT2D eigenvalue weighted by Crippen LogP contribution is 2.63. The van der Waals surface area contributed by atoms with E-state index in [1.54, 1.807) is 0 Å². The van der Waals surface area contributed by atoms with Crippen molar-refractivity contribution in [3.05, 3.63) is 259 Å². The molecule has 15 rings (SSSR count). The molecule has 5 nitrogen and oxygen atoms in total. The molecule has 5 heteroatoms. The van der Waals surface area contributed by atoms with Crippen LogP contribution in [0.3, 0.4) is 0 Å². The Morgan fingerprint density at radius 3 is 1.29 bits per heavy atom. The summed E-state index contributed by atoms with van der Waals surface area (Å²) in [5, 5.41) is 4.86. The highest BCUT2D eigenvalue weighted by Gasteiger charge is 2.52. The van der Waals surface area contributed by atoms with E-state index in [9.17, 15) is 0 Å². The van der Waals surface area contributed by atoms with E-state index in [0.717, 1.165) is 39.1 Å². The number of hydrogen-bond donors (Lipinski definition) is 0. The minimum atomic E-state index is -0.475. The third kappa shape index (κ3) is 5.21. The van der Waals surface area contributed by atoms with Crippen LogP contribution in [0.2, 0.25) is 0 Å². The molecule has 0 fully saturated rings. The second-order valence-electron chi connectivity index (χ2n) is 18.2. The number of rotatable bonds is 5. The zero-order valence-corrected chi connectivity index (χ0v) is 37.3. The summed E-state index contributed by atoms with van der Waals surface area (Å²) in [6, 6.07) is 85.4. The van der Waals surface area contributed by atoms with Gasteiger partial charge in [-0.2, -0.15) is 0 Å². The molecule has 3 heterocycles. The summed E-state index contributed by atoms with van der Waals surface area (Å²) in [7, 11) is 0. The zero-order valence-electron chi connectivity index (χ0n) is 37.3. The van der Waals surface area contributed by atoms with E-state index in [2.05, 4.69) is 228 Å². The number of hydrogen-bond acceptors (Lipinski definition) is 3. The maximum atomic E-state index is 5.42. The van der Waals surface area contributed by atoms with Gasteiger partial charge in [-0.25, -0.2) is 15.0 Å². The van der Waals surface area contributed by atoms with Crippen molar-refractivity contribution in [3.63, 3.8) is 0 Å². The van der Waals surface area contributed by atoms with Gasteiger partial charge in [-0.05, 0) is 93.0 Å². The molecule has 320 valence electrons. The molecule has 0 atom stereocenters. The van der Waals surface area contributed by atoms with Gasteiger partial charge in [0.15, 0.2) is 17.5 Å². The van der Waals surface area contributed by atoms with Crippen LogP contribution in [0.5, 0.6) is 0 Å². The molecule has 2 aliphatic rings. The average molecular weight is 878 g/mol. The third-order valence-corrected chi connectivity index (χ3v) is 14.8. The molecule has 13 aromatic rings. The fourth-order valence-electron chi connectivity index (χ4n) is 12.0. The van der Waals surface area contributed by atoms with E-state index >= 15 is 0 Å². The number of fused-ring (bicyclic) bond motifs is 17. The molecule has 0 unspecified atom stereocenters. The Hall–Kier alpha value is -9.19. The molecule has 0 bridgehead atoms. The first-order chi connectivity index (χ1) is 34.3. The number of para-hydroxylation sites is 3. The zero-order chi connectivity index (χ0) is 45.2. The van der Waals surface area contributed by atoms with Crippen molar-refractivity contribution in [2.24, 2.45) is 0 Å². The van der Waals surface area contributed by atoms with E-state index in [0.29, 0.717) is 17.5 Å². The van der Waals surface area contributed by atoms with Gasteiger partial charge in [0.25, 0.3) is 0 Å². The van der Waals surface area contributed by atoms with Crippen molar-refractivity contribution >= 4 is 43.6 Å². The molecule has 0 radical (unpaired) electrons. The summed E-state index contributed by atoms with van der Waals surface area (Å²) in [5.74, 6) is 1.90. The van der Waals surface area contributed by atoms with Gasteiger partial charge in [0.05, 0.1) is 27.5 Å². The standard InChI is InChI=1S/C64H39N5/c1-3-18-40(19-4-1)61-65-62(67-63(66-61)51-27-17-31-55-58(51)50-26-9-14-30-54(50)64(55)52-28-12-7-22-44(52)45-23-8-13-29-53(45)64)41-34-36-43(37-35-41)69-57-33-16-11-25-47(57)49-39-38-48-46-24-10-15-32-56(46)68(59(48)60(49)69)42-20-5-2-6-21-42/h1-39H. The molecule has 0 amide bonds. The van der Waals surface area contributed by atoms with Crippen LogP contribution in [0.1, 0.15) is 22.3 Å². The van der Waals surface area contributed by atoms with Crippen molar-refractivity contribution < 1.29 is 0 Å². The van der Waals surface area contributed by atoms with Crippen molar-refractivity contribution in [1.82, 2.24) is 24.1 Å². The number of aromatic nitrogens is 5. The minimum Gasteiger partial charge on any atom is -0.307 e. The Balaban J connectivity index is 0.939. The molecule has 69 heavy (non-hydrogen) atoms. The van der Waals surface area contributed by atoms with Gasteiger partial charge in [0.2, 0.25) is 0 Å². The van der Waals surface area contributed by atoms with Crippen molar-refractivity contribution in [2.45, 2.75) is 5.41 Å². The van der Waals surface area contributed by atoms with Crippen LogP contribution in [-0.4, -0.2) is 24.1 Å². The summed E-state index contributed by atoms with van der Waals surface area (Å²) >= 11 is 0. The van der Waals surface area contributed by atoms with Gasteiger partial charge in [0, 0.05) is 49.6 Å². The van der Waals surface area contributed by atoms with E-state index in [1.165, 1.54) is 77.0 Å². The topological polar surface area (TPSA) is 48.5 Å². The summed E-state index contributed by atoms with van der Waals surface area (Å²) < 4.78 is 4.86. The van der Waals surface area contributed by atoms with Gasteiger partial charge < -0.3 is 9.13 Å². The molecule has 0 saturated heterocycles. The van der Waals surface area contributed by atoms with Gasteiger partial charge in [-0.3, -0.25) is 0 Å². The Bertz CT molecular complexity index is 4190. The lowest BCUT2D eigenvalue weighted by molar-refractivity contribution is 0.794. The molecule has 0 aliphatic heterocycles. The number of nitrogens with zero attached hydrogens (tertiary/aromatic N) is 5. The maximum absolute atomic E-state index is 5.42. The Labute approximate surface area is 397 Å². The first kappa shape index (κ1) is 38.0. The van der Waals surface area contributed by atoms with E-state index in [-0.39, 0.29) is 0 Å². The van der Waals surface area contributed by atoms with E-state index in [4.69, 9.17) is 15.0 Å². The van der Waals surface area contributed by atoms with Crippen molar-refractivity contribution in [3.8, 4) is 67.8 Å². The quantitative estimate of drug-likeness (QED) is 0.173. The maximum Gasteiger partial charge on any atom is 0.164 e. The fraction of sp³-hybridized carbons (Fsp3) is 0.0156. The second-order valence-corrected chi connectivity index (χ2v) is 18.2. The van der Waals surface area contributed by atoms with E-state index < -0.39 is 5.41 Å². The molecule has 10 aromatic carbocycles. The van der Waals surface area contributed by atoms with Crippen LogP contribution in [0.15, 0.2) is 237 Å². The van der Waals surface area contributed by atoms with Crippen LogP contribution < -0.4 is 0 Å². The predicted octanol–water partition coefficient (Wildman–Crippen LogP) is 15.4. The Kier molecular flexibility index (Phi) is 7.93. The van der Waals surface area contributed by atoms with Crippen LogP contribution in [-0.2, 0) is 5.41 Å². The largest absolute Gasteiger partial charge is 0.307 e. The summed E-state index contributed by atoms with van der Waals surface area (Å²) in [6.45, 7) is 0. The second kappa shape index (κ2) is 14.4. The first-order valence-corrected chi connectivity index (χ1v) is 23.6. The molecule has 1 spiro atoms. The highest BCUT2D eigenvalue weighted by molar-refractivity contribution is 6.23. The molecular weight excluding hydrogens is 839 g/mol. The normalized spacial score (nSPS) is 13.0. The Morgan fingerprint density at radius 2 is 0.696 bits per heavy atom. The van der Waals surface area contributed by atoms with Crippen molar-refractivity contribution in [1.29, 1.82) is 0 Å². The lowest BCUT2D eigenvalue weighted by Gasteiger charge is -2.30. The molecule has 0 saturated carbocycles. The monoisotopic (exact) mass is 877 g/mol. The summed E-state index contributed by atoms with van der Waals surface area (Å²) in [5.41, 5.74) is 19.3. The third-order valence-electron chi connectivity index (χ3n) is 14.8. The van der Waals surface area contributed by atoms with Crippen molar-refractivity contribution in [2.75, 3.05) is 0 Å². The lowest BCUT2D eigenvalue weighted by atomic mass is 9.70. The average Bonchev–Trinajstić information content (AvgIpc) is 4.14. The van der Waals surface area contributed by atoms with Gasteiger partial charge in [0.1, 0.15) is 0 Å². The van der Waals surface area contributed by atoms with Crippen LogP contribution >= 0.6 is 0 Å². The Morgan fingerprint density at radius 1 is 0.275 bits per heavy atom. The van der Waals surface area contributed by atoms with Gasteiger partial charge in [-0.1, -0.05) is 188 Å². The molecule has 2 aliphatic carbocycles.